The van der Waals surface area contributed by atoms with Crippen molar-refractivity contribution in [2.75, 3.05) is 0 Å². The van der Waals surface area contributed by atoms with Crippen LogP contribution in [0.2, 0.25) is 0 Å². The van der Waals surface area contributed by atoms with Crippen LogP contribution in [0.3, 0.4) is 0 Å². The molecular weight excluding hydrogens is 367 g/mol. The first-order valence-corrected chi connectivity index (χ1v) is 9.59. The van der Waals surface area contributed by atoms with Crippen LogP contribution in [0.15, 0.2) is 95.9 Å². The molecule has 0 aliphatic carbocycles. The molecule has 0 radical (unpaired) electrons. The SMILES string of the molecule is O=S(=O)([O-])c1c(-c2ccccc2)c(-c2ccccc2)cc2ccccc12.[Na+]. The van der Waals surface area contributed by atoms with Crippen LogP contribution in [0.1, 0.15) is 0 Å². The molecule has 0 aliphatic rings. The first-order chi connectivity index (χ1) is 12.6. The second-order valence-corrected chi connectivity index (χ2v) is 7.35. The van der Waals surface area contributed by atoms with E-state index in [0.717, 1.165) is 16.5 Å². The second kappa shape index (κ2) is 7.97. The summed E-state index contributed by atoms with van der Waals surface area (Å²) in [7, 11) is -4.69. The monoisotopic (exact) mass is 382 g/mol. The maximum atomic E-state index is 12.3. The Morgan fingerprint density at radius 1 is 0.667 bits per heavy atom. The summed E-state index contributed by atoms with van der Waals surface area (Å²) in [6.07, 6.45) is 0. The van der Waals surface area contributed by atoms with Gasteiger partial charge in [0.1, 0.15) is 10.1 Å². The summed E-state index contributed by atoms with van der Waals surface area (Å²) in [6.45, 7) is 0. The van der Waals surface area contributed by atoms with Gasteiger partial charge >= 0.3 is 29.6 Å². The van der Waals surface area contributed by atoms with E-state index < -0.39 is 10.1 Å². The Labute approximate surface area is 180 Å². The smallest absolute Gasteiger partial charge is 0.744 e. The minimum absolute atomic E-state index is 0. The second-order valence-electron chi connectivity index (χ2n) is 6.04. The number of fused-ring (bicyclic) bond motifs is 1. The molecule has 3 nitrogen and oxygen atoms in total. The molecule has 0 aromatic heterocycles. The van der Waals surface area contributed by atoms with Gasteiger partial charge in [-0.1, -0.05) is 84.9 Å². The summed E-state index contributed by atoms with van der Waals surface area (Å²) in [5, 5.41) is 1.17. The molecule has 0 atom stereocenters. The van der Waals surface area contributed by atoms with Gasteiger partial charge in [0.25, 0.3) is 0 Å². The predicted octanol–water partition coefficient (Wildman–Crippen LogP) is 2.08. The molecule has 128 valence electrons. The van der Waals surface area contributed by atoms with Crippen molar-refractivity contribution < 1.29 is 42.5 Å². The zero-order chi connectivity index (χ0) is 18.1. The van der Waals surface area contributed by atoms with Gasteiger partial charge in [-0.15, -0.1) is 0 Å². The van der Waals surface area contributed by atoms with E-state index in [2.05, 4.69) is 0 Å². The van der Waals surface area contributed by atoms with E-state index in [-0.39, 0.29) is 34.5 Å². The zero-order valence-electron chi connectivity index (χ0n) is 14.8. The van der Waals surface area contributed by atoms with Gasteiger partial charge in [-0.3, -0.25) is 0 Å². The Bertz CT molecular complexity index is 1190. The van der Waals surface area contributed by atoms with Gasteiger partial charge in [0, 0.05) is 5.56 Å². The molecule has 0 amide bonds. The molecule has 0 saturated heterocycles. The van der Waals surface area contributed by atoms with E-state index in [1.54, 1.807) is 12.1 Å². The number of benzene rings is 4. The Kier molecular flexibility index (Phi) is 5.84. The summed E-state index contributed by atoms with van der Waals surface area (Å²) in [5.74, 6) is 0. The molecule has 0 heterocycles. The summed E-state index contributed by atoms with van der Waals surface area (Å²) in [5.41, 5.74) is 2.74. The quantitative estimate of drug-likeness (QED) is 0.403. The van der Waals surface area contributed by atoms with Crippen molar-refractivity contribution in [1.29, 1.82) is 0 Å². The van der Waals surface area contributed by atoms with Crippen molar-refractivity contribution in [2.24, 2.45) is 0 Å². The predicted molar refractivity (Wildman–Crippen MR) is 103 cm³/mol. The summed E-state index contributed by atoms with van der Waals surface area (Å²) >= 11 is 0. The Balaban J connectivity index is 0.00000210. The number of rotatable bonds is 3. The summed E-state index contributed by atoms with van der Waals surface area (Å²) in [6, 6.07) is 27.7. The molecule has 0 saturated carbocycles. The Morgan fingerprint density at radius 3 is 1.78 bits per heavy atom. The van der Waals surface area contributed by atoms with Crippen LogP contribution < -0.4 is 29.6 Å². The molecule has 0 spiro atoms. The van der Waals surface area contributed by atoms with Crippen LogP contribution in [-0.4, -0.2) is 13.0 Å². The molecule has 0 aliphatic heterocycles. The van der Waals surface area contributed by atoms with Crippen molar-refractivity contribution in [3.8, 4) is 22.3 Å². The molecule has 0 fully saturated rings. The van der Waals surface area contributed by atoms with E-state index in [4.69, 9.17) is 0 Å². The maximum Gasteiger partial charge on any atom is 1.00 e. The molecular formula is C22H15NaO3S. The maximum absolute atomic E-state index is 12.3. The van der Waals surface area contributed by atoms with Crippen LogP contribution in [0, 0.1) is 0 Å². The fourth-order valence-electron chi connectivity index (χ4n) is 3.31. The average molecular weight is 382 g/mol. The standard InChI is InChI=1S/C22H16O3S.Na/c23-26(24,25)22-19-14-8-7-13-18(19)15-20(16-9-3-1-4-10-16)21(22)17-11-5-2-6-12-17;/h1-15H,(H,23,24,25);/q;+1/p-1. The minimum Gasteiger partial charge on any atom is -0.744 e. The third-order valence-electron chi connectivity index (χ3n) is 4.40. The van der Waals surface area contributed by atoms with E-state index in [1.807, 2.05) is 78.9 Å². The van der Waals surface area contributed by atoms with E-state index in [9.17, 15) is 13.0 Å². The summed E-state index contributed by atoms with van der Waals surface area (Å²) in [4.78, 5) is -0.166. The van der Waals surface area contributed by atoms with Gasteiger partial charge in [-0.2, -0.15) is 0 Å². The third-order valence-corrected chi connectivity index (χ3v) is 5.32. The Hall–Kier alpha value is -1.95. The normalized spacial score (nSPS) is 11.1. The van der Waals surface area contributed by atoms with Gasteiger partial charge in [-0.25, -0.2) is 8.42 Å². The van der Waals surface area contributed by atoms with E-state index >= 15 is 0 Å². The van der Waals surface area contributed by atoms with Gasteiger partial charge < -0.3 is 4.55 Å². The molecule has 0 bridgehead atoms. The van der Waals surface area contributed by atoms with Gasteiger partial charge in [-0.05, 0) is 33.5 Å². The van der Waals surface area contributed by atoms with Crippen LogP contribution in [-0.2, 0) is 10.1 Å². The van der Waals surface area contributed by atoms with E-state index in [0.29, 0.717) is 16.5 Å². The fraction of sp³-hybridized carbons (Fsp3) is 0. The molecule has 5 heteroatoms. The topological polar surface area (TPSA) is 57.2 Å². The van der Waals surface area contributed by atoms with Gasteiger partial charge in [0.2, 0.25) is 0 Å². The van der Waals surface area contributed by atoms with Crippen molar-refractivity contribution >= 4 is 20.9 Å². The largest absolute Gasteiger partial charge is 1.00 e. The molecule has 27 heavy (non-hydrogen) atoms. The first kappa shape index (κ1) is 19.8. The van der Waals surface area contributed by atoms with Crippen LogP contribution in [0.4, 0.5) is 0 Å². The van der Waals surface area contributed by atoms with Crippen molar-refractivity contribution in [1.82, 2.24) is 0 Å². The van der Waals surface area contributed by atoms with Gasteiger partial charge in [0.15, 0.2) is 0 Å². The van der Waals surface area contributed by atoms with Crippen LogP contribution in [0.25, 0.3) is 33.0 Å². The minimum atomic E-state index is -4.69. The first-order valence-electron chi connectivity index (χ1n) is 8.18. The third kappa shape index (κ3) is 3.86. The van der Waals surface area contributed by atoms with E-state index in [1.165, 1.54) is 0 Å². The number of hydrogen-bond acceptors (Lipinski definition) is 3. The molecule has 4 aromatic carbocycles. The van der Waals surface area contributed by atoms with Crippen molar-refractivity contribution in [3.05, 3.63) is 91.0 Å². The average Bonchev–Trinajstić information content (AvgIpc) is 2.67. The van der Waals surface area contributed by atoms with Gasteiger partial charge in [0.05, 0.1) is 4.90 Å². The number of hydrogen-bond donors (Lipinski definition) is 0. The van der Waals surface area contributed by atoms with Crippen molar-refractivity contribution in [2.45, 2.75) is 4.90 Å². The Morgan fingerprint density at radius 2 is 1.19 bits per heavy atom. The fourth-order valence-corrected chi connectivity index (χ4v) is 4.24. The molecule has 4 aromatic rings. The molecule has 0 N–H and O–H groups in total. The molecule has 4 rings (SSSR count). The zero-order valence-corrected chi connectivity index (χ0v) is 17.6. The summed E-state index contributed by atoms with van der Waals surface area (Å²) < 4.78 is 36.8. The van der Waals surface area contributed by atoms with Crippen LogP contribution in [0.5, 0.6) is 0 Å². The van der Waals surface area contributed by atoms with Crippen LogP contribution >= 0.6 is 0 Å². The van der Waals surface area contributed by atoms with Crippen molar-refractivity contribution in [3.63, 3.8) is 0 Å². The molecule has 0 unspecified atom stereocenters.